The standard InChI is InChI=1S/C18H15N5O/c1-11-5-4-6-12-9-13(17(24)22-16(11)12)10-19-23-18-20-14-7-2-3-8-15(14)21-18/h2-10H,1H3,(H,22,24)(H2,20,21,23). The SMILES string of the molecule is Cc1cccc2cc(C=NNc3nc4ccccc4[nH]3)c(=O)[nH]c12. The Kier molecular flexibility index (Phi) is 3.35. The number of nitrogens with one attached hydrogen (secondary N) is 3. The van der Waals surface area contributed by atoms with Crippen molar-refractivity contribution in [1.82, 2.24) is 15.0 Å². The molecule has 4 aromatic rings. The summed E-state index contributed by atoms with van der Waals surface area (Å²) in [6.45, 7) is 1.97. The molecule has 0 bridgehead atoms. The second kappa shape index (κ2) is 5.66. The molecule has 0 saturated heterocycles. The maximum atomic E-state index is 12.2. The lowest BCUT2D eigenvalue weighted by molar-refractivity contribution is 1.21. The number of aromatic amines is 2. The average molecular weight is 317 g/mol. The molecule has 0 atom stereocenters. The van der Waals surface area contributed by atoms with E-state index in [-0.39, 0.29) is 5.56 Å². The van der Waals surface area contributed by atoms with Gasteiger partial charge in [0.15, 0.2) is 0 Å². The predicted molar refractivity (Wildman–Crippen MR) is 96.6 cm³/mol. The molecule has 0 aliphatic carbocycles. The van der Waals surface area contributed by atoms with Gasteiger partial charge in [0.2, 0.25) is 5.95 Å². The Labute approximate surface area is 137 Å². The molecule has 2 aromatic carbocycles. The van der Waals surface area contributed by atoms with Crippen LogP contribution in [0.4, 0.5) is 5.95 Å². The van der Waals surface area contributed by atoms with E-state index < -0.39 is 0 Å². The number of anilines is 1. The van der Waals surface area contributed by atoms with Crippen molar-refractivity contribution in [2.45, 2.75) is 6.92 Å². The summed E-state index contributed by atoms with van der Waals surface area (Å²) in [6, 6.07) is 15.4. The first-order valence-electron chi connectivity index (χ1n) is 7.57. The highest BCUT2D eigenvalue weighted by Crippen LogP contribution is 2.15. The molecule has 0 amide bonds. The number of H-pyrrole nitrogens is 2. The number of para-hydroxylation sites is 3. The normalized spacial score (nSPS) is 11.5. The van der Waals surface area contributed by atoms with Crippen LogP contribution in [0.3, 0.4) is 0 Å². The molecular weight excluding hydrogens is 302 g/mol. The Morgan fingerprint density at radius 2 is 2.00 bits per heavy atom. The summed E-state index contributed by atoms with van der Waals surface area (Å²) in [7, 11) is 0. The number of nitrogens with zero attached hydrogens (tertiary/aromatic N) is 2. The Morgan fingerprint density at radius 1 is 1.12 bits per heavy atom. The first-order valence-corrected chi connectivity index (χ1v) is 7.57. The molecule has 6 heteroatoms. The van der Waals surface area contributed by atoms with E-state index in [0.717, 1.165) is 27.5 Å². The van der Waals surface area contributed by atoms with E-state index in [4.69, 9.17) is 0 Å². The van der Waals surface area contributed by atoms with Gasteiger partial charge in [-0.3, -0.25) is 4.79 Å². The van der Waals surface area contributed by atoms with Crippen LogP contribution >= 0.6 is 0 Å². The van der Waals surface area contributed by atoms with E-state index in [0.29, 0.717) is 11.5 Å². The van der Waals surface area contributed by atoms with Gasteiger partial charge in [0, 0.05) is 0 Å². The van der Waals surface area contributed by atoms with E-state index in [1.807, 2.05) is 55.5 Å². The van der Waals surface area contributed by atoms with Crippen LogP contribution in [-0.2, 0) is 0 Å². The molecule has 0 aliphatic heterocycles. The van der Waals surface area contributed by atoms with E-state index in [1.165, 1.54) is 6.21 Å². The largest absolute Gasteiger partial charge is 0.323 e. The number of hydrogen-bond acceptors (Lipinski definition) is 4. The van der Waals surface area contributed by atoms with Gasteiger partial charge in [0.25, 0.3) is 5.56 Å². The molecule has 2 aromatic heterocycles. The molecule has 0 unspecified atom stereocenters. The zero-order valence-electron chi connectivity index (χ0n) is 13.0. The number of rotatable bonds is 3. The van der Waals surface area contributed by atoms with Crippen LogP contribution in [0.2, 0.25) is 0 Å². The number of hydrazone groups is 1. The van der Waals surface area contributed by atoms with Crippen molar-refractivity contribution < 1.29 is 0 Å². The van der Waals surface area contributed by atoms with E-state index in [1.54, 1.807) is 0 Å². The summed E-state index contributed by atoms with van der Waals surface area (Å²) in [6.07, 6.45) is 1.49. The summed E-state index contributed by atoms with van der Waals surface area (Å²) < 4.78 is 0. The zero-order chi connectivity index (χ0) is 16.5. The van der Waals surface area contributed by atoms with Gasteiger partial charge in [-0.15, -0.1) is 0 Å². The van der Waals surface area contributed by atoms with Crippen LogP contribution in [0.25, 0.3) is 21.9 Å². The van der Waals surface area contributed by atoms with Gasteiger partial charge >= 0.3 is 0 Å². The van der Waals surface area contributed by atoms with Crippen molar-refractivity contribution in [1.29, 1.82) is 0 Å². The van der Waals surface area contributed by atoms with Gasteiger partial charge in [0.1, 0.15) is 0 Å². The monoisotopic (exact) mass is 317 g/mol. The van der Waals surface area contributed by atoms with Crippen molar-refractivity contribution in [3.63, 3.8) is 0 Å². The summed E-state index contributed by atoms with van der Waals surface area (Å²) >= 11 is 0. The molecule has 0 radical (unpaired) electrons. The van der Waals surface area contributed by atoms with E-state index in [9.17, 15) is 4.79 Å². The van der Waals surface area contributed by atoms with Crippen molar-refractivity contribution in [3.8, 4) is 0 Å². The molecule has 2 heterocycles. The van der Waals surface area contributed by atoms with Crippen molar-refractivity contribution in [2.75, 3.05) is 5.43 Å². The maximum Gasteiger partial charge on any atom is 0.257 e. The van der Waals surface area contributed by atoms with Crippen molar-refractivity contribution in [2.24, 2.45) is 5.10 Å². The second-order valence-electron chi connectivity index (χ2n) is 5.57. The minimum absolute atomic E-state index is 0.174. The number of aromatic nitrogens is 3. The highest BCUT2D eigenvalue weighted by molar-refractivity contribution is 5.89. The molecule has 0 spiro atoms. The molecule has 0 aliphatic rings. The minimum atomic E-state index is -0.174. The molecule has 3 N–H and O–H groups in total. The first-order chi connectivity index (χ1) is 11.7. The topological polar surface area (TPSA) is 85.9 Å². The van der Waals surface area contributed by atoms with Crippen LogP contribution in [-0.4, -0.2) is 21.2 Å². The molecular formula is C18H15N5O. The number of pyridine rings is 1. The Morgan fingerprint density at radius 3 is 2.88 bits per heavy atom. The van der Waals surface area contributed by atoms with Crippen molar-refractivity contribution in [3.05, 3.63) is 70.0 Å². The third-order valence-corrected chi connectivity index (χ3v) is 3.88. The maximum absolute atomic E-state index is 12.2. The third kappa shape index (κ3) is 2.54. The number of fused-ring (bicyclic) bond motifs is 2. The predicted octanol–water partition coefficient (Wildman–Crippen LogP) is 3.16. The number of hydrogen-bond donors (Lipinski definition) is 3. The molecule has 0 saturated carbocycles. The lowest BCUT2D eigenvalue weighted by atomic mass is 10.1. The quantitative estimate of drug-likeness (QED) is 0.401. The summed E-state index contributed by atoms with van der Waals surface area (Å²) in [5.41, 5.74) is 6.80. The van der Waals surface area contributed by atoms with Crippen molar-refractivity contribution >= 4 is 34.1 Å². The van der Waals surface area contributed by atoms with Crippen LogP contribution in [0, 0.1) is 6.92 Å². The van der Waals surface area contributed by atoms with E-state index >= 15 is 0 Å². The third-order valence-electron chi connectivity index (χ3n) is 3.88. The van der Waals surface area contributed by atoms with Gasteiger partial charge in [-0.05, 0) is 36.1 Å². The van der Waals surface area contributed by atoms with Gasteiger partial charge in [-0.2, -0.15) is 5.10 Å². The van der Waals surface area contributed by atoms with Crippen LogP contribution in [0.1, 0.15) is 11.1 Å². The highest BCUT2D eigenvalue weighted by atomic mass is 16.1. The molecule has 4 rings (SSSR count). The lowest BCUT2D eigenvalue weighted by Gasteiger charge is -2.02. The fourth-order valence-corrected chi connectivity index (χ4v) is 2.66. The fraction of sp³-hybridized carbons (Fsp3) is 0.0556. The summed E-state index contributed by atoms with van der Waals surface area (Å²) in [5.74, 6) is 0.528. The molecule has 0 fully saturated rings. The average Bonchev–Trinajstić information content (AvgIpc) is 2.99. The van der Waals surface area contributed by atoms with Gasteiger partial charge in [-0.25, -0.2) is 10.4 Å². The minimum Gasteiger partial charge on any atom is -0.323 e. The van der Waals surface area contributed by atoms with Crippen LogP contribution in [0.15, 0.2) is 58.4 Å². The molecule has 6 nitrogen and oxygen atoms in total. The van der Waals surface area contributed by atoms with E-state index in [2.05, 4.69) is 25.5 Å². The lowest BCUT2D eigenvalue weighted by Crippen LogP contribution is -2.12. The smallest absolute Gasteiger partial charge is 0.257 e. The molecule has 24 heavy (non-hydrogen) atoms. The highest BCUT2D eigenvalue weighted by Gasteiger charge is 2.03. The zero-order valence-corrected chi connectivity index (χ0v) is 13.0. The second-order valence-corrected chi connectivity index (χ2v) is 5.57. The fourth-order valence-electron chi connectivity index (χ4n) is 2.66. The Bertz CT molecular complexity index is 1090. The van der Waals surface area contributed by atoms with Crippen LogP contribution in [0.5, 0.6) is 0 Å². The Hall–Kier alpha value is -3.41. The van der Waals surface area contributed by atoms with Gasteiger partial charge < -0.3 is 9.97 Å². The van der Waals surface area contributed by atoms with Gasteiger partial charge in [0.05, 0.1) is 28.3 Å². The van der Waals surface area contributed by atoms with Gasteiger partial charge in [-0.1, -0.05) is 30.3 Å². The molecule has 118 valence electrons. The summed E-state index contributed by atoms with van der Waals surface area (Å²) in [4.78, 5) is 22.5. The summed E-state index contributed by atoms with van der Waals surface area (Å²) in [5, 5.41) is 5.08. The Balaban J connectivity index is 1.62. The number of benzene rings is 2. The number of imidazole rings is 1. The number of aryl methyl sites for hydroxylation is 1. The first kappa shape index (κ1) is 14.2. The van der Waals surface area contributed by atoms with Crippen LogP contribution < -0.4 is 11.0 Å².